The van der Waals surface area contributed by atoms with Gasteiger partial charge in [-0.3, -0.25) is 4.79 Å². The van der Waals surface area contributed by atoms with E-state index in [1.54, 1.807) is 0 Å². The van der Waals surface area contributed by atoms with Crippen LogP contribution in [0.3, 0.4) is 0 Å². The molecule has 0 spiro atoms. The zero-order chi connectivity index (χ0) is 12.5. The van der Waals surface area contributed by atoms with E-state index in [4.69, 9.17) is 5.11 Å². The molecule has 0 aliphatic rings. The molecule has 1 aromatic carbocycles. The summed E-state index contributed by atoms with van der Waals surface area (Å²) in [6.45, 7) is 0. The van der Waals surface area contributed by atoms with E-state index in [0.717, 1.165) is 0 Å². The number of halogens is 4. The molecular weight excluding hydrogens is 230 g/mol. The van der Waals surface area contributed by atoms with Gasteiger partial charge in [0, 0.05) is 0 Å². The lowest BCUT2D eigenvalue weighted by Crippen LogP contribution is -2.21. The molecule has 1 atom stereocenters. The number of nitrogens with two attached hydrogens (primary N) is 1. The summed E-state index contributed by atoms with van der Waals surface area (Å²) in [7, 11) is 0. The van der Waals surface area contributed by atoms with E-state index in [1.807, 2.05) is 0 Å². The van der Waals surface area contributed by atoms with Crippen molar-refractivity contribution in [3.63, 3.8) is 0 Å². The fraction of sp³-hybridized carbons (Fsp3) is 0.222. The number of benzene rings is 1. The Morgan fingerprint density at radius 1 is 1.31 bits per heavy atom. The monoisotopic (exact) mass is 237 g/mol. The fourth-order valence-corrected chi connectivity index (χ4v) is 1.10. The van der Waals surface area contributed by atoms with E-state index in [1.165, 1.54) is 0 Å². The number of hydrogen-bond acceptors (Lipinski definition) is 2. The molecule has 0 radical (unpaired) electrons. The lowest BCUT2D eigenvalue weighted by Gasteiger charge is -2.11. The number of carbonyl (C=O) groups is 1. The van der Waals surface area contributed by atoms with Crippen LogP contribution in [0.25, 0.3) is 0 Å². The summed E-state index contributed by atoms with van der Waals surface area (Å²) in [5, 5.41) is 9.10. The molecule has 1 amide bonds. The minimum Gasteiger partial charge on any atom is -0.378 e. The van der Waals surface area contributed by atoms with Crippen LogP contribution in [0, 0.1) is 5.82 Å². The van der Waals surface area contributed by atoms with Crippen molar-refractivity contribution in [1.82, 2.24) is 0 Å². The van der Waals surface area contributed by atoms with Gasteiger partial charge in [0.2, 0.25) is 0 Å². The first kappa shape index (κ1) is 12.4. The lowest BCUT2D eigenvalue weighted by atomic mass is 10.0. The molecule has 0 saturated carbocycles. The van der Waals surface area contributed by atoms with Crippen LogP contribution in [0.2, 0.25) is 0 Å². The van der Waals surface area contributed by atoms with Crippen LogP contribution in [0.4, 0.5) is 17.6 Å². The Bertz CT molecular complexity index is 416. The van der Waals surface area contributed by atoms with Crippen LogP contribution >= 0.6 is 0 Å². The highest BCUT2D eigenvalue weighted by molar-refractivity contribution is 5.80. The summed E-state index contributed by atoms with van der Waals surface area (Å²) in [5.74, 6) is -2.45. The van der Waals surface area contributed by atoms with E-state index in [9.17, 15) is 22.4 Å². The summed E-state index contributed by atoms with van der Waals surface area (Å²) in [6.07, 6.45) is -6.72. The molecule has 0 aliphatic heterocycles. The van der Waals surface area contributed by atoms with Gasteiger partial charge in [-0.25, -0.2) is 4.39 Å². The van der Waals surface area contributed by atoms with Crippen molar-refractivity contribution in [2.24, 2.45) is 5.73 Å². The largest absolute Gasteiger partial charge is 0.416 e. The molecule has 0 saturated heterocycles. The Balaban J connectivity index is 3.23. The van der Waals surface area contributed by atoms with Crippen LogP contribution in [0.1, 0.15) is 17.2 Å². The van der Waals surface area contributed by atoms with Crippen LogP contribution in [0.15, 0.2) is 18.2 Å². The standard InChI is InChI=1S/C9H7F4NO2/c10-6-2-4(7(15)8(14)16)1-5(3-6)9(11,12)13/h1-3,7,15H,(H2,14,16). The third-order valence-electron chi connectivity index (χ3n) is 1.83. The van der Waals surface area contributed by atoms with Gasteiger partial charge < -0.3 is 10.8 Å². The number of amides is 1. The summed E-state index contributed by atoms with van der Waals surface area (Å²) < 4.78 is 49.6. The molecule has 3 N–H and O–H groups in total. The van der Waals surface area contributed by atoms with Gasteiger partial charge >= 0.3 is 6.18 Å². The molecule has 1 rings (SSSR count). The van der Waals surface area contributed by atoms with Crippen molar-refractivity contribution >= 4 is 5.91 Å². The SMILES string of the molecule is NC(=O)C(O)c1cc(F)cc(C(F)(F)F)c1. The zero-order valence-electron chi connectivity index (χ0n) is 7.75. The number of aliphatic hydroxyl groups excluding tert-OH is 1. The topological polar surface area (TPSA) is 63.3 Å². The van der Waals surface area contributed by atoms with Crippen molar-refractivity contribution in [2.45, 2.75) is 12.3 Å². The predicted octanol–water partition coefficient (Wildman–Crippen LogP) is 1.36. The minimum atomic E-state index is -4.76. The Hall–Kier alpha value is -1.63. The van der Waals surface area contributed by atoms with Gasteiger partial charge in [-0.05, 0) is 23.8 Å². The van der Waals surface area contributed by atoms with Crippen molar-refractivity contribution in [2.75, 3.05) is 0 Å². The Labute approximate surface area is 87.5 Å². The second kappa shape index (κ2) is 4.09. The highest BCUT2D eigenvalue weighted by Crippen LogP contribution is 2.31. The van der Waals surface area contributed by atoms with Gasteiger partial charge in [0.25, 0.3) is 5.91 Å². The summed E-state index contributed by atoms with van der Waals surface area (Å²) in [5.41, 5.74) is 2.87. The van der Waals surface area contributed by atoms with Gasteiger partial charge in [-0.15, -0.1) is 0 Å². The normalized spacial score (nSPS) is 13.6. The van der Waals surface area contributed by atoms with Crippen LogP contribution in [-0.4, -0.2) is 11.0 Å². The molecule has 1 aromatic rings. The molecule has 0 fully saturated rings. The molecular formula is C9H7F4NO2. The van der Waals surface area contributed by atoms with Crippen LogP contribution in [-0.2, 0) is 11.0 Å². The van der Waals surface area contributed by atoms with Gasteiger partial charge in [0.15, 0.2) is 6.10 Å². The van der Waals surface area contributed by atoms with E-state index in [-0.39, 0.29) is 6.07 Å². The molecule has 0 heterocycles. The Morgan fingerprint density at radius 3 is 2.31 bits per heavy atom. The lowest BCUT2D eigenvalue weighted by molar-refractivity contribution is -0.138. The number of primary amides is 1. The number of hydrogen-bond donors (Lipinski definition) is 2. The molecule has 7 heteroatoms. The molecule has 0 aliphatic carbocycles. The average Bonchev–Trinajstić information content (AvgIpc) is 2.14. The van der Waals surface area contributed by atoms with Gasteiger partial charge in [-0.2, -0.15) is 13.2 Å². The molecule has 3 nitrogen and oxygen atoms in total. The van der Waals surface area contributed by atoms with Crippen LogP contribution < -0.4 is 5.73 Å². The molecule has 1 unspecified atom stereocenters. The molecule has 88 valence electrons. The smallest absolute Gasteiger partial charge is 0.378 e. The van der Waals surface area contributed by atoms with Crippen LogP contribution in [0.5, 0.6) is 0 Å². The second-order valence-electron chi connectivity index (χ2n) is 3.08. The third kappa shape index (κ3) is 2.69. The van der Waals surface area contributed by atoms with Gasteiger partial charge in [0.1, 0.15) is 5.82 Å². The summed E-state index contributed by atoms with van der Waals surface area (Å²) in [6, 6.07) is 1.35. The second-order valence-corrected chi connectivity index (χ2v) is 3.08. The average molecular weight is 237 g/mol. The maximum absolute atomic E-state index is 12.8. The maximum Gasteiger partial charge on any atom is 0.416 e. The van der Waals surface area contributed by atoms with E-state index < -0.39 is 35.1 Å². The minimum absolute atomic E-state index is 0.261. The Morgan fingerprint density at radius 2 is 1.88 bits per heavy atom. The molecule has 16 heavy (non-hydrogen) atoms. The summed E-state index contributed by atoms with van der Waals surface area (Å²) in [4.78, 5) is 10.5. The third-order valence-corrected chi connectivity index (χ3v) is 1.83. The van der Waals surface area contributed by atoms with Gasteiger partial charge in [0.05, 0.1) is 5.56 Å². The van der Waals surface area contributed by atoms with E-state index >= 15 is 0 Å². The number of alkyl halides is 3. The highest BCUT2D eigenvalue weighted by Gasteiger charge is 2.32. The molecule has 0 aromatic heterocycles. The quantitative estimate of drug-likeness (QED) is 0.763. The maximum atomic E-state index is 12.8. The number of rotatable bonds is 2. The van der Waals surface area contributed by atoms with Gasteiger partial charge in [-0.1, -0.05) is 0 Å². The number of carbonyl (C=O) groups excluding carboxylic acids is 1. The summed E-state index contributed by atoms with van der Waals surface area (Å²) >= 11 is 0. The van der Waals surface area contributed by atoms with E-state index in [0.29, 0.717) is 12.1 Å². The first-order valence-electron chi connectivity index (χ1n) is 4.07. The highest BCUT2D eigenvalue weighted by atomic mass is 19.4. The van der Waals surface area contributed by atoms with Crippen molar-refractivity contribution < 1.29 is 27.5 Å². The van der Waals surface area contributed by atoms with Crippen molar-refractivity contribution in [1.29, 1.82) is 0 Å². The molecule has 0 bridgehead atoms. The van der Waals surface area contributed by atoms with Crippen molar-refractivity contribution in [3.05, 3.63) is 35.1 Å². The number of aliphatic hydroxyl groups is 1. The Kier molecular flexibility index (Phi) is 3.18. The van der Waals surface area contributed by atoms with E-state index in [2.05, 4.69) is 5.73 Å². The first-order chi connectivity index (χ1) is 7.21. The zero-order valence-corrected chi connectivity index (χ0v) is 7.75. The predicted molar refractivity (Wildman–Crippen MR) is 45.6 cm³/mol. The first-order valence-corrected chi connectivity index (χ1v) is 4.07. The van der Waals surface area contributed by atoms with Crippen molar-refractivity contribution in [3.8, 4) is 0 Å². The fourth-order valence-electron chi connectivity index (χ4n) is 1.10.